The van der Waals surface area contributed by atoms with Crippen LogP contribution < -0.4 is 10.1 Å². The van der Waals surface area contributed by atoms with Crippen LogP contribution in [-0.2, 0) is 21.2 Å². The zero-order valence-electron chi connectivity index (χ0n) is 15.7. The van der Waals surface area contributed by atoms with Gasteiger partial charge in [0.25, 0.3) is 0 Å². The van der Waals surface area contributed by atoms with Gasteiger partial charge in [0.2, 0.25) is 15.9 Å². The highest BCUT2D eigenvalue weighted by molar-refractivity contribution is 7.89. The lowest BCUT2D eigenvalue weighted by molar-refractivity contribution is -0.115. The van der Waals surface area contributed by atoms with Crippen LogP contribution >= 0.6 is 11.6 Å². The van der Waals surface area contributed by atoms with Crippen LogP contribution in [0.15, 0.2) is 47.4 Å². The van der Waals surface area contributed by atoms with Gasteiger partial charge in [0, 0.05) is 23.8 Å². The van der Waals surface area contributed by atoms with Gasteiger partial charge < -0.3 is 10.1 Å². The Labute approximate surface area is 170 Å². The number of nitrogens with zero attached hydrogens (tertiary/aromatic N) is 1. The van der Waals surface area contributed by atoms with Gasteiger partial charge in [-0.05, 0) is 55.7 Å². The van der Waals surface area contributed by atoms with Crippen molar-refractivity contribution >= 4 is 33.2 Å². The Kier molecular flexibility index (Phi) is 6.59. The van der Waals surface area contributed by atoms with E-state index in [-0.39, 0.29) is 17.2 Å². The van der Waals surface area contributed by atoms with Crippen molar-refractivity contribution in [2.24, 2.45) is 0 Å². The van der Waals surface area contributed by atoms with Crippen LogP contribution in [0.5, 0.6) is 5.75 Å². The molecule has 1 amide bonds. The molecular formula is C20H23ClN2O4S. The molecule has 1 N–H and O–H groups in total. The zero-order valence-corrected chi connectivity index (χ0v) is 17.2. The van der Waals surface area contributed by atoms with E-state index in [4.69, 9.17) is 16.3 Å². The second-order valence-corrected chi connectivity index (χ2v) is 8.90. The summed E-state index contributed by atoms with van der Waals surface area (Å²) < 4.78 is 33.0. The molecule has 1 aliphatic heterocycles. The van der Waals surface area contributed by atoms with Crippen molar-refractivity contribution in [1.29, 1.82) is 0 Å². The lowest BCUT2D eigenvalue weighted by atomic mass is 10.1. The first-order valence-corrected chi connectivity index (χ1v) is 11.0. The van der Waals surface area contributed by atoms with Crippen molar-refractivity contribution in [1.82, 2.24) is 4.31 Å². The standard InChI is InChI=1S/C20H23ClN2O4S/c1-2-27-18-10-9-17(14-19(18)28(25,26)23-11-3-4-12-23)22-20(24)13-15-5-7-16(21)8-6-15/h5-10,14H,2-4,11-13H2,1H3,(H,22,24). The highest BCUT2D eigenvalue weighted by atomic mass is 35.5. The second kappa shape index (κ2) is 8.94. The minimum absolute atomic E-state index is 0.0838. The third-order valence-corrected chi connectivity index (χ3v) is 6.66. The first kappa shape index (κ1) is 20.6. The molecule has 1 heterocycles. The number of carbonyl (C=O) groups excluding carboxylic acids is 1. The van der Waals surface area contributed by atoms with E-state index in [0.717, 1.165) is 18.4 Å². The summed E-state index contributed by atoms with van der Waals surface area (Å²) in [5.74, 6) is 0.0566. The van der Waals surface area contributed by atoms with Gasteiger partial charge >= 0.3 is 0 Å². The molecule has 0 spiro atoms. The maximum absolute atomic E-state index is 13.0. The number of nitrogens with one attached hydrogen (secondary N) is 1. The summed E-state index contributed by atoms with van der Waals surface area (Å²) in [5.41, 5.74) is 1.23. The first-order valence-electron chi connectivity index (χ1n) is 9.21. The normalized spacial score (nSPS) is 14.8. The molecule has 0 aromatic heterocycles. The molecule has 0 saturated carbocycles. The van der Waals surface area contributed by atoms with Crippen molar-refractivity contribution in [3.63, 3.8) is 0 Å². The number of hydrogen-bond acceptors (Lipinski definition) is 4. The number of ether oxygens (including phenoxy) is 1. The predicted molar refractivity (Wildman–Crippen MR) is 109 cm³/mol. The summed E-state index contributed by atoms with van der Waals surface area (Å²) >= 11 is 5.86. The molecule has 6 nitrogen and oxygen atoms in total. The van der Waals surface area contributed by atoms with Crippen molar-refractivity contribution in [2.45, 2.75) is 31.1 Å². The van der Waals surface area contributed by atoms with Gasteiger partial charge in [-0.2, -0.15) is 4.31 Å². The number of sulfonamides is 1. The number of amides is 1. The molecule has 0 bridgehead atoms. The van der Waals surface area contributed by atoms with E-state index in [1.807, 2.05) is 0 Å². The van der Waals surface area contributed by atoms with E-state index in [0.29, 0.717) is 36.2 Å². The number of anilines is 1. The molecule has 1 saturated heterocycles. The SMILES string of the molecule is CCOc1ccc(NC(=O)Cc2ccc(Cl)cc2)cc1S(=O)(=O)N1CCCC1. The Morgan fingerprint density at radius 3 is 2.46 bits per heavy atom. The van der Waals surface area contributed by atoms with Gasteiger partial charge in [0.05, 0.1) is 13.0 Å². The zero-order chi connectivity index (χ0) is 20.1. The van der Waals surface area contributed by atoms with Gasteiger partial charge in [0.15, 0.2) is 0 Å². The summed E-state index contributed by atoms with van der Waals surface area (Å²) in [5, 5.41) is 3.37. The Balaban J connectivity index is 1.82. The Hall–Kier alpha value is -2.09. The number of benzene rings is 2. The molecule has 8 heteroatoms. The Morgan fingerprint density at radius 1 is 1.14 bits per heavy atom. The van der Waals surface area contributed by atoms with Crippen molar-refractivity contribution in [3.05, 3.63) is 53.1 Å². The predicted octanol–water partition coefficient (Wildman–Crippen LogP) is 3.70. The van der Waals surface area contributed by atoms with Crippen molar-refractivity contribution in [3.8, 4) is 5.75 Å². The summed E-state index contributed by atoms with van der Waals surface area (Å²) in [4.78, 5) is 12.4. The molecule has 0 radical (unpaired) electrons. The maximum Gasteiger partial charge on any atom is 0.246 e. The molecule has 2 aromatic carbocycles. The maximum atomic E-state index is 13.0. The average Bonchev–Trinajstić information content (AvgIpc) is 3.20. The third-order valence-electron chi connectivity index (χ3n) is 4.49. The van der Waals surface area contributed by atoms with E-state index in [9.17, 15) is 13.2 Å². The minimum atomic E-state index is -3.67. The van der Waals surface area contributed by atoms with E-state index < -0.39 is 10.0 Å². The van der Waals surface area contributed by atoms with Gasteiger partial charge in [-0.25, -0.2) is 8.42 Å². The summed E-state index contributed by atoms with van der Waals surface area (Å²) in [6.07, 6.45) is 1.86. The van der Waals surface area contributed by atoms with E-state index in [1.54, 1.807) is 43.3 Å². The number of rotatable bonds is 7. The lowest BCUT2D eigenvalue weighted by Gasteiger charge is -2.19. The van der Waals surface area contributed by atoms with Crippen LogP contribution in [0.1, 0.15) is 25.3 Å². The number of carbonyl (C=O) groups is 1. The molecular weight excluding hydrogens is 400 g/mol. The Bertz CT molecular complexity index is 939. The Morgan fingerprint density at radius 2 is 1.82 bits per heavy atom. The van der Waals surface area contributed by atoms with E-state index >= 15 is 0 Å². The molecule has 28 heavy (non-hydrogen) atoms. The summed E-state index contributed by atoms with van der Waals surface area (Å²) in [6, 6.07) is 11.7. The molecule has 0 unspecified atom stereocenters. The van der Waals surface area contributed by atoms with Crippen LogP contribution in [-0.4, -0.2) is 38.3 Å². The highest BCUT2D eigenvalue weighted by Crippen LogP contribution is 2.31. The minimum Gasteiger partial charge on any atom is -0.492 e. The molecule has 2 aromatic rings. The van der Waals surface area contributed by atoms with Crippen LogP contribution in [0.2, 0.25) is 5.02 Å². The fourth-order valence-electron chi connectivity index (χ4n) is 3.12. The molecule has 3 rings (SSSR count). The smallest absolute Gasteiger partial charge is 0.246 e. The van der Waals surface area contributed by atoms with Gasteiger partial charge in [0.1, 0.15) is 10.6 Å². The molecule has 1 fully saturated rings. The van der Waals surface area contributed by atoms with E-state index in [1.165, 1.54) is 10.4 Å². The van der Waals surface area contributed by atoms with Gasteiger partial charge in [-0.15, -0.1) is 0 Å². The van der Waals surface area contributed by atoms with Crippen LogP contribution in [0, 0.1) is 0 Å². The highest BCUT2D eigenvalue weighted by Gasteiger charge is 2.30. The largest absolute Gasteiger partial charge is 0.492 e. The topological polar surface area (TPSA) is 75.7 Å². The number of halogens is 1. The summed E-state index contributed by atoms with van der Waals surface area (Å²) in [6.45, 7) is 3.15. The number of hydrogen-bond donors (Lipinski definition) is 1. The lowest BCUT2D eigenvalue weighted by Crippen LogP contribution is -2.28. The molecule has 0 aliphatic carbocycles. The van der Waals surface area contributed by atoms with Crippen LogP contribution in [0.4, 0.5) is 5.69 Å². The average molecular weight is 423 g/mol. The first-order chi connectivity index (χ1) is 13.4. The fraction of sp³-hybridized carbons (Fsp3) is 0.350. The fourth-order valence-corrected chi connectivity index (χ4v) is 4.92. The van der Waals surface area contributed by atoms with Gasteiger partial charge in [-0.1, -0.05) is 23.7 Å². The van der Waals surface area contributed by atoms with Crippen LogP contribution in [0.3, 0.4) is 0 Å². The molecule has 150 valence electrons. The second-order valence-electron chi connectivity index (χ2n) is 6.56. The van der Waals surface area contributed by atoms with Crippen molar-refractivity contribution in [2.75, 3.05) is 25.0 Å². The monoisotopic (exact) mass is 422 g/mol. The third kappa shape index (κ3) is 4.84. The van der Waals surface area contributed by atoms with Crippen LogP contribution in [0.25, 0.3) is 0 Å². The van der Waals surface area contributed by atoms with Gasteiger partial charge in [-0.3, -0.25) is 4.79 Å². The van der Waals surface area contributed by atoms with Crippen molar-refractivity contribution < 1.29 is 17.9 Å². The summed E-state index contributed by atoms with van der Waals surface area (Å²) in [7, 11) is -3.67. The quantitative estimate of drug-likeness (QED) is 0.738. The van der Waals surface area contributed by atoms with E-state index in [2.05, 4.69) is 5.32 Å². The molecule has 0 atom stereocenters. The molecule has 1 aliphatic rings.